The van der Waals surface area contributed by atoms with Crippen molar-refractivity contribution in [3.8, 4) is 0 Å². The summed E-state index contributed by atoms with van der Waals surface area (Å²) in [6.07, 6.45) is 3.44. The lowest BCUT2D eigenvalue weighted by molar-refractivity contribution is -0.121. The molecule has 1 aromatic carbocycles. The van der Waals surface area contributed by atoms with Crippen LogP contribution in [0.2, 0.25) is 5.02 Å². The van der Waals surface area contributed by atoms with Gasteiger partial charge in [0.1, 0.15) is 6.54 Å². The minimum Gasteiger partial charge on any atom is -0.373 e. The normalized spacial score (nSPS) is 21.6. The molecule has 0 bridgehead atoms. The molecule has 1 aliphatic heterocycles. The SMILES string of the molecule is CC1CN(CCCNC(=O)Cn2ccc3ccc(Cl)cc32)CC(C)O1. The molecule has 1 aliphatic rings. The lowest BCUT2D eigenvalue weighted by atomic mass is 10.2. The van der Waals surface area contributed by atoms with Gasteiger partial charge in [0.05, 0.1) is 12.2 Å². The minimum atomic E-state index is 0.0289. The lowest BCUT2D eigenvalue weighted by Crippen LogP contribution is -2.46. The van der Waals surface area contributed by atoms with Crippen molar-refractivity contribution in [2.75, 3.05) is 26.2 Å². The molecule has 2 unspecified atom stereocenters. The summed E-state index contributed by atoms with van der Waals surface area (Å²) >= 11 is 6.05. The van der Waals surface area contributed by atoms with Gasteiger partial charge in [0.15, 0.2) is 0 Å². The zero-order valence-corrected chi connectivity index (χ0v) is 15.6. The minimum absolute atomic E-state index is 0.0289. The van der Waals surface area contributed by atoms with Gasteiger partial charge in [-0.2, -0.15) is 0 Å². The van der Waals surface area contributed by atoms with Crippen molar-refractivity contribution < 1.29 is 9.53 Å². The van der Waals surface area contributed by atoms with E-state index < -0.39 is 0 Å². The molecule has 0 saturated carbocycles. The number of hydrogen-bond acceptors (Lipinski definition) is 3. The second-order valence-corrected chi connectivity index (χ2v) is 7.30. The highest BCUT2D eigenvalue weighted by atomic mass is 35.5. The van der Waals surface area contributed by atoms with Crippen molar-refractivity contribution in [2.45, 2.75) is 39.0 Å². The number of carbonyl (C=O) groups is 1. The molecule has 2 aromatic rings. The van der Waals surface area contributed by atoms with E-state index in [-0.39, 0.29) is 18.1 Å². The van der Waals surface area contributed by atoms with Gasteiger partial charge in [-0.15, -0.1) is 0 Å². The Kier molecular flexibility index (Phi) is 5.99. The quantitative estimate of drug-likeness (QED) is 0.803. The molecule has 1 amide bonds. The van der Waals surface area contributed by atoms with Crippen LogP contribution in [0.15, 0.2) is 30.5 Å². The van der Waals surface area contributed by atoms with E-state index in [1.54, 1.807) is 0 Å². The van der Waals surface area contributed by atoms with E-state index in [1.807, 2.05) is 35.0 Å². The molecule has 1 N–H and O–H groups in total. The number of aromatic nitrogens is 1. The van der Waals surface area contributed by atoms with Gasteiger partial charge in [-0.05, 0) is 43.9 Å². The first-order chi connectivity index (χ1) is 12.0. The highest BCUT2D eigenvalue weighted by Crippen LogP contribution is 2.20. The molecule has 5 nitrogen and oxygen atoms in total. The first kappa shape index (κ1) is 18.2. The summed E-state index contributed by atoms with van der Waals surface area (Å²) in [7, 11) is 0. The Morgan fingerprint density at radius 3 is 2.80 bits per heavy atom. The summed E-state index contributed by atoms with van der Waals surface area (Å²) in [5.41, 5.74) is 0.985. The summed E-state index contributed by atoms with van der Waals surface area (Å²) in [6.45, 7) is 8.15. The summed E-state index contributed by atoms with van der Waals surface area (Å²) < 4.78 is 7.67. The van der Waals surface area contributed by atoms with Crippen LogP contribution in [0.5, 0.6) is 0 Å². The number of rotatable bonds is 6. The van der Waals surface area contributed by atoms with E-state index in [0.29, 0.717) is 18.1 Å². The first-order valence-electron chi connectivity index (χ1n) is 8.90. The lowest BCUT2D eigenvalue weighted by Gasteiger charge is -2.35. The summed E-state index contributed by atoms with van der Waals surface area (Å²) in [6, 6.07) is 7.72. The van der Waals surface area contributed by atoms with Gasteiger partial charge in [0, 0.05) is 42.9 Å². The van der Waals surface area contributed by atoms with E-state index >= 15 is 0 Å². The maximum absolute atomic E-state index is 12.2. The molecule has 1 saturated heterocycles. The number of benzene rings is 1. The standard InChI is InChI=1S/C19H26ClN3O2/c1-14-11-22(12-15(2)25-14)8-3-7-21-19(24)13-23-9-6-16-4-5-17(20)10-18(16)23/h4-6,9-10,14-15H,3,7-8,11-13H2,1-2H3,(H,21,24). The Hall–Kier alpha value is -1.56. The molecule has 1 fully saturated rings. The molecular formula is C19H26ClN3O2. The van der Waals surface area contributed by atoms with Crippen molar-refractivity contribution in [3.05, 3.63) is 35.5 Å². The van der Waals surface area contributed by atoms with Gasteiger partial charge in [-0.3, -0.25) is 9.69 Å². The van der Waals surface area contributed by atoms with Crippen LogP contribution in [0, 0.1) is 0 Å². The number of ether oxygens (including phenoxy) is 1. The largest absolute Gasteiger partial charge is 0.373 e. The fraction of sp³-hybridized carbons (Fsp3) is 0.526. The molecule has 136 valence electrons. The topological polar surface area (TPSA) is 46.5 Å². The highest BCUT2D eigenvalue weighted by molar-refractivity contribution is 6.31. The zero-order valence-electron chi connectivity index (χ0n) is 14.9. The molecule has 2 atom stereocenters. The number of nitrogens with zero attached hydrogens (tertiary/aromatic N) is 2. The number of fused-ring (bicyclic) bond motifs is 1. The molecular weight excluding hydrogens is 338 g/mol. The third-order valence-electron chi connectivity index (χ3n) is 4.52. The maximum atomic E-state index is 12.2. The van der Waals surface area contributed by atoms with Gasteiger partial charge in [-0.1, -0.05) is 17.7 Å². The number of morpholine rings is 1. The van der Waals surface area contributed by atoms with E-state index in [1.165, 1.54) is 0 Å². The monoisotopic (exact) mass is 363 g/mol. The summed E-state index contributed by atoms with van der Waals surface area (Å²) in [4.78, 5) is 14.6. The number of halogens is 1. The summed E-state index contributed by atoms with van der Waals surface area (Å²) in [5.74, 6) is 0.0289. The zero-order chi connectivity index (χ0) is 17.8. The molecule has 0 aliphatic carbocycles. The molecule has 1 aromatic heterocycles. The van der Waals surface area contributed by atoms with Crippen LogP contribution < -0.4 is 5.32 Å². The number of carbonyl (C=O) groups excluding carboxylic acids is 1. The predicted molar refractivity (Wildman–Crippen MR) is 101 cm³/mol. The van der Waals surface area contributed by atoms with Gasteiger partial charge in [-0.25, -0.2) is 0 Å². The summed E-state index contributed by atoms with van der Waals surface area (Å²) in [5, 5.41) is 4.78. The smallest absolute Gasteiger partial charge is 0.239 e. The van der Waals surface area contributed by atoms with Gasteiger partial charge in [0.25, 0.3) is 0 Å². The Bertz CT molecular complexity index is 721. The number of hydrogen-bond donors (Lipinski definition) is 1. The third-order valence-corrected chi connectivity index (χ3v) is 4.75. The Morgan fingerprint density at radius 1 is 1.28 bits per heavy atom. The van der Waals surface area contributed by atoms with E-state index in [4.69, 9.17) is 16.3 Å². The number of amides is 1. The molecule has 25 heavy (non-hydrogen) atoms. The first-order valence-corrected chi connectivity index (χ1v) is 9.28. The van der Waals surface area contributed by atoms with Crippen LogP contribution in [0.4, 0.5) is 0 Å². The fourth-order valence-electron chi connectivity index (χ4n) is 3.50. The highest BCUT2D eigenvalue weighted by Gasteiger charge is 2.21. The van der Waals surface area contributed by atoms with Crippen LogP contribution in [0.3, 0.4) is 0 Å². The van der Waals surface area contributed by atoms with Crippen molar-refractivity contribution in [1.82, 2.24) is 14.8 Å². The Labute approximate surface area is 153 Å². The fourth-order valence-corrected chi connectivity index (χ4v) is 3.67. The molecule has 0 radical (unpaired) electrons. The average Bonchev–Trinajstić information content (AvgIpc) is 2.93. The van der Waals surface area contributed by atoms with Crippen LogP contribution in [-0.2, 0) is 16.1 Å². The van der Waals surface area contributed by atoms with Crippen LogP contribution in [0.25, 0.3) is 10.9 Å². The van der Waals surface area contributed by atoms with Crippen LogP contribution >= 0.6 is 11.6 Å². The average molecular weight is 364 g/mol. The molecule has 0 spiro atoms. The molecule has 2 heterocycles. The van der Waals surface area contributed by atoms with Gasteiger partial charge in [0.2, 0.25) is 5.91 Å². The third kappa shape index (κ3) is 4.97. The maximum Gasteiger partial charge on any atom is 0.239 e. The van der Waals surface area contributed by atoms with E-state index in [9.17, 15) is 4.79 Å². The van der Waals surface area contributed by atoms with E-state index in [0.717, 1.165) is 37.0 Å². The predicted octanol–water partition coefficient (Wildman–Crippen LogP) is 2.91. The Morgan fingerprint density at radius 2 is 2.04 bits per heavy atom. The van der Waals surface area contributed by atoms with E-state index in [2.05, 4.69) is 24.1 Å². The molecule has 3 rings (SSSR count). The van der Waals surface area contributed by atoms with Crippen molar-refractivity contribution >= 4 is 28.4 Å². The van der Waals surface area contributed by atoms with Crippen LogP contribution in [0.1, 0.15) is 20.3 Å². The van der Waals surface area contributed by atoms with Gasteiger partial charge < -0.3 is 14.6 Å². The van der Waals surface area contributed by atoms with Crippen LogP contribution in [-0.4, -0.2) is 53.8 Å². The Balaban J connectivity index is 1.43. The number of nitrogens with one attached hydrogen (secondary N) is 1. The second-order valence-electron chi connectivity index (χ2n) is 6.87. The van der Waals surface area contributed by atoms with Gasteiger partial charge >= 0.3 is 0 Å². The van der Waals surface area contributed by atoms with Crippen molar-refractivity contribution in [1.29, 1.82) is 0 Å². The second kappa shape index (κ2) is 8.21. The van der Waals surface area contributed by atoms with Crippen molar-refractivity contribution in [2.24, 2.45) is 0 Å². The molecule has 6 heteroatoms. The van der Waals surface area contributed by atoms with Crippen molar-refractivity contribution in [3.63, 3.8) is 0 Å².